The number of rotatable bonds is 11. The predicted octanol–water partition coefficient (Wildman–Crippen LogP) is 3.17. The fraction of sp³-hybridized carbons (Fsp3) is 0.556. The maximum atomic E-state index is 12.0. The Hall–Kier alpha value is -0.870. The second-order valence-electron chi connectivity index (χ2n) is 5.36. The van der Waals surface area contributed by atoms with E-state index in [1.54, 1.807) is 6.07 Å². The molecule has 0 spiro atoms. The number of hydrogen-bond acceptors (Lipinski definition) is 3. The molecule has 6 nitrogen and oxygen atoms in total. The van der Waals surface area contributed by atoms with Gasteiger partial charge in [0, 0.05) is 49.4 Å². The van der Waals surface area contributed by atoms with Gasteiger partial charge >= 0.3 is 0 Å². The molecule has 0 bridgehead atoms. The van der Waals surface area contributed by atoms with Gasteiger partial charge in [0.05, 0.1) is 0 Å². The van der Waals surface area contributed by atoms with Gasteiger partial charge in [0.1, 0.15) is 0 Å². The largest absolute Gasteiger partial charge is 0.382 e. The molecule has 1 aromatic rings. The normalized spacial score (nSPS) is 10.8. The van der Waals surface area contributed by atoms with Gasteiger partial charge in [-0.3, -0.25) is 9.79 Å². The standard InChI is InChI=1S/C18H29BrN4O2.HI/c1-3-20-18(23-12-7-13-25-4-2)22-11-6-10-21-17(24)15-8-5-9-16(19)14-15;/h5,8-9,14H,3-4,6-7,10-13H2,1-2H3,(H,21,24)(H2,20,22,23);1H. The van der Waals surface area contributed by atoms with Crippen LogP contribution in [0.4, 0.5) is 0 Å². The third kappa shape index (κ3) is 11.7. The second-order valence-corrected chi connectivity index (χ2v) is 6.27. The highest BCUT2D eigenvalue weighted by atomic mass is 127. The van der Waals surface area contributed by atoms with Crippen LogP contribution in [0, 0.1) is 0 Å². The third-order valence-electron chi connectivity index (χ3n) is 3.28. The number of amides is 1. The lowest BCUT2D eigenvalue weighted by atomic mass is 10.2. The Labute approximate surface area is 182 Å². The summed E-state index contributed by atoms with van der Waals surface area (Å²) in [5.41, 5.74) is 0.655. The van der Waals surface area contributed by atoms with Crippen LogP contribution < -0.4 is 16.0 Å². The molecule has 0 atom stereocenters. The van der Waals surface area contributed by atoms with E-state index in [1.165, 1.54) is 0 Å². The molecule has 8 heteroatoms. The van der Waals surface area contributed by atoms with Crippen molar-refractivity contribution < 1.29 is 9.53 Å². The van der Waals surface area contributed by atoms with Gasteiger partial charge in [-0.25, -0.2) is 0 Å². The zero-order valence-corrected chi connectivity index (χ0v) is 19.4. The molecule has 0 unspecified atom stereocenters. The number of carbonyl (C=O) groups excluding carboxylic acids is 1. The van der Waals surface area contributed by atoms with Crippen molar-refractivity contribution in [2.45, 2.75) is 26.7 Å². The average molecular weight is 541 g/mol. The quantitative estimate of drug-likeness (QED) is 0.174. The summed E-state index contributed by atoms with van der Waals surface area (Å²) >= 11 is 3.37. The second kappa shape index (κ2) is 16.3. The lowest BCUT2D eigenvalue weighted by molar-refractivity contribution is 0.0953. The molecule has 0 saturated carbocycles. The lowest BCUT2D eigenvalue weighted by Crippen LogP contribution is -2.38. The summed E-state index contributed by atoms with van der Waals surface area (Å²) in [5.74, 6) is 0.739. The van der Waals surface area contributed by atoms with Crippen LogP contribution in [0.1, 0.15) is 37.0 Å². The van der Waals surface area contributed by atoms with Gasteiger partial charge in [-0.05, 0) is 44.9 Å². The maximum Gasteiger partial charge on any atom is 0.251 e. The minimum Gasteiger partial charge on any atom is -0.382 e. The number of carbonyl (C=O) groups is 1. The number of nitrogens with zero attached hydrogens (tertiary/aromatic N) is 1. The minimum absolute atomic E-state index is 0. The van der Waals surface area contributed by atoms with E-state index in [2.05, 4.69) is 36.9 Å². The van der Waals surface area contributed by atoms with Crippen molar-refractivity contribution >= 4 is 51.8 Å². The fourth-order valence-electron chi connectivity index (χ4n) is 2.07. The van der Waals surface area contributed by atoms with Crippen molar-refractivity contribution in [3.63, 3.8) is 0 Å². The van der Waals surface area contributed by atoms with E-state index in [1.807, 2.05) is 32.0 Å². The number of guanidine groups is 1. The molecular weight excluding hydrogens is 511 g/mol. The zero-order valence-electron chi connectivity index (χ0n) is 15.5. The Bertz CT molecular complexity index is 544. The molecule has 0 aliphatic carbocycles. The highest BCUT2D eigenvalue weighted by molar-refractivity contribution is 14.0. The first-order valence-corrected chi connectivity index (χ1v) is 9.60. The van der Waals surface area contributed by atoms with Gasteiger partial charge < -0.3 is 20.7 Å². The van der Waals surface area contributed by atoms with E-state index in [0.717, 1.165) is 49.6 Å². The number of benzene rings is 1. The number of nitrogens with one attached hydrogen (secondary N) is 3. The van der Waals surface area contributed by atoms with Crippen molar-refractivity contribution in [1.82, 2.24) is 16.0 Å². The predicted molar refractivity (Wildman–Crippen MR) is 122 cm³/mol. The van der Waals surface area contributed by atoms with Crippen LogP contribution in [0.5, 0.6) is 0 Å². The van der Waals surface area contributed by atoms with Crippen LogP contribution in [-0.2, 0) is 4.74 Å². The highest BCUT2D eigenvalue weighted by Crippen LogP contribution is 2.11. The summed E-state index contributed by atoms with van der Waals surface area (Å²) < 4.78 is 6.21. The van der Waals surface area contributed by atoms with Crippen LogP contribution in [0.25, 0.3) is 0 Å². The van der Waals surface area contributed by atoms with Gasteiger partial charge in [-0.1, -0.05) is 22.0 Å². The maximum absolute atomic E-state index is 12.0. The first-order chi connectivity index (χ1) is 12.2. The van der Waals surface area contributed by atoms with Gasteiger partial charge in [0.25, 0.3) is 5.91 Å². The highest BCUT2D eigenvalue weighted by Gasteiger charge is 2.04. The van der Waals surface area contributed by atoms with Crippen LogP contribution in [-0.4, -0.2) is 51.3 Å². The summed E-state index contributed by atoms with van der Waals surface area (Å²) in [5, 5.41) is 9.40. The van der Waals surface area contributed by atoms with Crippen molar-refractivity contribution in [2.24, 2.45) is 4.99 Å². The first-order valence-electron chi connectivity index (χ1n) is 8.81. The summed E-state index contributed by atoms with van der Waals surface area (Å²) in [6.45, 7) is 8.43. The Morgan fingerprint density at radius 3 is 2.62 bits per heavy atom. The van der Waals surface area contributed by atoms with Crippen LogP contribution in [0.3, 0.4) is 0 Å². The van der Waals surface area contributed by atoms with E-state index in [-0.39, 0.29) is 29.9 Å². The molecule has 0 saturated heterocycles. The number of hydrogen-bond donors (Lipinski definition) is 3. The van der Waals surface area contributed by atoms with E-state index < -0.39 is 0 Å². The summed E-state index contributed by atoms with van der Waals surface area (Å²) in [6.07, 6.45) is 1.73. The average Bonchev–Trinajstić information content (AvgIpc) is 2.61. The van der Waals surface area contributed by atoms with Gasteiger partial charge in [-0.15, -0.1) is 24.0 Å². The SMILES string of the molecule is CCNC(=NCCCNC(=O)c1cccc(Br)c1)NCCCOCC.I. The molecule has 26 heavy (non-hydrogen) atoms. The minimum atomic E-state index is -0.0637. The van der Waals surface area contributed by atoms with Crippen LogP contribution >= 0.6 is 39.9 Å². The fourth-order valence-corrected chi connectivity index (χ4v) is 2.47. The molecule has 0 aliphatic rings. The molecule has 0 radical (unpaired) electrons. The van der Waals surface area contributed by atoms with Crippen molar-refractivity contribution in [3.8, 4) is 0 Å². The zero-order chi connectivity index (χ0) is 18.3. The topological polar surface area (TPSA) is 74.8 Å². The van der Waals surface area contributed by atoms with Crippen molar-refractivity contribution in [2.75, 3.05) is 39.4 Å². The molecular formula is C18H30BrIN4O2. The van der Waals surface area contributed by atoms with E-state index >= 15 is 0 Å². The molecule has 0 fully saturated rings. The van der Waals surface area contributed by atoms with E-state index in [4.69, 9.17) is 4.74 Å². The number of aliphatic imine (C=N–C) groups is 1. The summed E-state index contributed by atoms with van der Waals surface area (Å²) in [4.78, 5) is 16.5. The van der Waals surface area contributed by atoms with E-state index in [0.29, 0.717) is 18.7 Å². The summed E-state index contributed by atoms with van der Waals surface area (Å²) in [7, 11) is 0. The van der Waals surface area contributed by atoms with E-state index in [9.17, 15) is 4.79 Å². The molecule has 3 N–H and O–H groups in total. The molecule has 0 aromatic heterocycles. The monoisotopic (exact) mass is 540 g/mol. The Balaban J connectivity index is 0.00000625. The Morgan fingerprint density at radius 1 is 1.15 bits per heavy atom. The number of ether oxygens (including phenoxy) is 1. The van der Waals surface area contributed by atoms with Crippen LogP contribution in [0.2, 0.25) is 0 Å². The molecule has 0 aliphatic heterocycles. The molecule has 1 amide bonds. The molecule has 148 valence electrons. The van der Waals surface area contributed by atoms with Crippen molar-refractivity contribution in [3.05, 3.63) is 34.3 Å². The lowest BCUT2D eigenvalue weighted by Gasteiger charge is -2.11. The van der Waals surface area contributed by atoms with Gasteiger partial charge in [0.15, 0.2) is 5.96 Å². The van der Waals surface area contributed by atoms with Gasteiger partial charge in [-0.2, -0.15) is 0 Å². The smallest absolute Gasteiger partial charge is 0.251 e. The number of halogens is 2. The van der Waals surface area contributed by atoms with Gasteiger partial charge in [0.2, 0.25) is 0 Å². The van der Waals surface area contributed by atoms with Crippen LogP contribution in [0.15, 0.2) is 33.7 Å². The Kier molecular flexibility index (Phi) is 15.8. The Morgan fingerprint density at radius 2 is 1.92 bits per heavy atom. The van der Waals surface area contributed by atoms with Crippen molar-refractivity contribution in [1.29, 1.82) is 0 Å². The molecule has 0 heterocycles. The summed E-state index contributed by atoms with van der Waals surface area (Å²) in [6, 6.07) is 7.36. The molecule has 1 aromatic carbocycles. The molecule has 1 rings (SSSR count). The third-order valence-corrected chi connectivity index (χ3v) is 3.78. The first kappa shape index (κ1) is 25.1.